The van der Waals surface area contributed by atoms with E-state index in [2.05, 4.69) is 38.1 Å². The van der Waals surface area contributed by atoms with Crippen LogP contribution in [0.15, 0.2) is 48.8 Å². The molecule has 0 radical (unpaired) electrons. The van der Waals surface area contributed by atoms with Gasteiger partial charge in [0, 0.05) is 31.5 Å². The zero-order valence-corrected chi connectivity index (χ0v) is 22.1. The number of nitrogens with zero attached hydrogens (tertiary/aromatic N) is 4. The number of carbonyl (C=O) groups excluding carboxylic acids is 1. The molecule has 2 heterocycles. The zero-order valence-electron chi connectivity index (χ0n) is 22.1. The van der Waals surface area contributed by atoms with E-state index in [0.29, 0.717) is 29.8 Å². The van der Waals surface area contributed by atoms with Crippen molar-refractivity contribution in [3.63, 3.8) is 0 Å². The maximum atomic E-state index is 13.7. The van der Waals surface area contributed by atoms with Crippen LogP contribution in [0.4, 0.5) is 11.8 Å². The molecule has 0 aliphatic heterocycles. The highest BCUT2D eigenvalue weighted by molar-refractivity contribution is 5.88. The monoisotopic (exact) mass is 511 g/mol. The van der Waals surface area contributed by atoms with Gasteiger partial charge in [-0.3, -0.25) is 4.79 Å². The third-order valence-corrected chi connectivity index (χ3v) is 7.92. The molecule has 1 saturated carbocycles. The van der Waals surface area contributed by atoms with Crippen LogP contribution in [0.3, 0.4) is 0 Å². The minimum Gasteiger partial charge on any atom is -0.360 e. The number of aromatic nitrogens is 3. The second-order valence-electron chi connectivity index (χ2n) is 10.5. The summed E-state index contributed by atoms with van der Waals surface area (Å²) in [6, 6.07) is 13.8. The Labute approximate surface area is 224 Å². The van der Waals surface area contributed by atoms with Crippen molar-refractivity contribution in [2.24, 2.45) is 5.92 Å². The molecular formula is C30H37N7O. The molecule has 1 unspecified atom stereocenters. The average Bonchev–Trinajstić information content (AvgIpc) is 3.51. The molecule has 38 heavy (non-hydrogen) atoms. The summed E-state index contributed by atoms with van der Waals surface area (Å²) in [7, 11) is 1.80. The van der Waals surface area contributed by atoms with Crippen molar-refractivity contribution in [1.82, 2.24) is 19.9 Å². The summed E-state index contributed by atoms with van der Waals surface area (Å²) in [4.78, 5) is 22.9. The van der Waals surface area contributed by atoms with Gasteiger partial charge in [0.1, 0.15) is 11.6 Å². The first-order chi connectivity index (χ1) is 18.6. The van der Waals surface area contributed by atoms with Gasteiger partial charge in [0.2, 0.25) is 5.95 Å². The predicted molar refractivity (Wildman–Crippen MR) is 149 cm³/mol. The predicted octanol–water partition coefficient (Wildman–Crippen LogP) is 5.17. The normalized spacial score (nSPS) is 18.3. The topological polar surface area (TPSA) is 108 Å². The highest BCUT2D eigenvalue weighted by Gasteiger charge is 2.27. The third kappa shape index (κ3) is 6.22. The van der Waals surface area contributed by atoms with Gasteiger partial charge in [0.25, 0.3) is 0 Å². The van der Waals surface area contributed by atoms with Crippen molar-refractivity contribution in [1.29, 1.82) is 5.26 Å². The molecule has 0 spiro atoms. The van der Waals surface area contributed by atoms with E-state index in [1.807, 2.05) is 47.3 Å². The molecule has 8 heteroatoms. The number of benzene rings is 1. The summed E-state index contributed by atoms with van der Waals surface area (Å²) in [5, 5.41) is 19.4. The number of anilines is 2. The van der Waals surface area contributed by atoms with Crippen LogP contribution in [-0.2, 0) is 11.2 Å². The maximum Gasteiger partial charge on any atom is 0.226 e. The first kappa shape index (κ1) is 25.9. The molecule has 2 aliphatic rings. The van der Waals surface area contributed by atoms with E-state index in [1.165, 1.54) is 43.2 Å². The van der Waals surface area contributed by atoms with Crippen LogP contribution in [0.5, 0.6) is 0 Å². The number of hydrogen-bond donors (Lipinski definition) is 3. The Kier molecular flexibility index (Phi) is 8.34. The summed E-state index contributed by atoms with van der Waals surface area (Å²) in [6.45, 7) is 0.295. The standard InChI is InChI=1S/C30H37N7O/c1-32-30-35-28(18-29(36-30)37-14-5-6-15-37)34-26(17-21-8-3-2-4-9-21)27(38)20-33-25-11-7-10-23-16-22(19-31)12-13-24(23)25/h5-6,12-16,18,21,25-26,33H,2-4,7-11,17,20H2,1H3,(H2,32,34,35,36)/t25-,26?/m1/s1. The number of carbonyl (C=O) groups is 1. The summed E-state index contributed by atoms with van der Waals surface area (Å²) in [5.41, 5.74) is 3.13. The highest BCUT2D eigenvalue weighted by atomic mass is 16.1. The van der Waals surface area contributed by atoms with Crippen LogP contribution in [0, 0.1) is 17.2 Å². The number of rotatable bonds is 10. The third-order valence-electron chi connectivity index (χ3n) is 7.92. The molecule has 0 saturated heterocycles. The van der Waals surface area contributed by atoms with Gasteiger partial charge in [0.05, 0.1) is 24.2 Å². The number of fused-ring (bicyclic) bond motifs is 1. The lowest BCUT2D eigenvalue weighted by molar-refractivity contribution is -0.119. The molecule has 3 aromatic rings. The lowest BCUT2D eigenvalue weighted by atomic mass is 9.83. The van der Waals surface area contributed by atoms with Crippen molar-refractivity contribution in [2.75, 3.05) is 24.2 Å². The van der Waals surface area contributed by atoms with Crippen LogP contribution in [0.2, 0.25) is 0 Å². The van der Waals surface area contributed by atoms with Crippen LogP contribution < -0.4 is 16.0 Å². The van der Waals surface area contributed by atoms with Gasteiger partial charge in [-0.25, -0.2) is 0 Å². The fraction of sp³-hybridized carbons (Fsp3) is 0.467. The molecule has 2 atom stereocenters. The van der Waals surface area contributed by atoms with E-state index in [4.69, 9.17) is 0 Å². The van der Waals surface area contributed by atoms with E-state index >= 15 is 0 Å². The van der Waals surface area contributed by atoms with Gasteiger partial charge in [-0.2, -0.15) is 15.2 Å². The number of nitrogens with one attached hydrogen (secondary N) is 3. The zero-order chi connectivity index (χ0) is 26.3. The molecule has 1 fully saturated rings. The summed E-state index contributed by atoms with van der Waals surface area (Å²) >= 11 is 0. The second kappa shape index (κ2) is 12.2. The smallest absolute Gasteiger partial charge is 0.226 e. The van der Waals surface area contributed by atoms with Gasteiger partial charge in [-0.05, 0) is 67.0 Å². The Hall–Kier alpha value is -3.70. The van der Waals surface area contributed by atoms with Crippen LogP contribution in [0.1, 0.15) is 74.1 Å². The van der Waals surface area contributed by atoms with Gasteiger partial charge in [-0.1, -0.05) is 38.2 Å². The minimum atomic E-state index is -0.327. The number of hydrogen-bond acceptors (Lipinski definition) is 7. The lowest BCUT2D eigenvalue weighted by Gasteiger charge is -2.29. The van der Waals surface area contributed by atoms with Gasteiger partial charge in [-0.15, -0.1) is 0 Å². The van der Waals surface area contributed by atoms with Crippen LogP contribution in [0.25, 0.3) is 5.82 Å². The minimum absolute atomic E-state index is 0.126. The van der Waals surface area contributed by atoms with Crippen LogP contribution >= 0.6 is 0 Å². The molecule has 8 nitrogen and oxygen atoms in total. The largest absolute Gasteiger partial charge is 0.360 e. The fourth-order valence-corrected chi connectivity index (χ4v) is 5.89. The number of aryl methyl sites for hydroxylation is 1. The number of nitriles is 1. The van der Waals surface area contributed by atoms with Crippen molar-refractivity contribution in [2.45, 2.75) is 69.9 Å². The van der Waals surface area contributed by atoms with Gasteiger partial charge < -0.3 is 20.5 Å². The summed E-state index contributed by atoms with van der Waals surface area (Å²) in [5.74, 6) is 2.60. The second-order valence-corrected chi connectivity index (χ2v) is 10.5. The molecule has 3 N–H and O–H groups in total. The molecule has 0 amide bonds. The summed E-state index contributed by atoms with van der Waals surface area (Å²) in [6.07, 6.45) is 13.8. The van der Waals surface area contributed by atoms with E-state index in [9.17, 15) is 10.1 Å². The van der Waals surface area contributed by atoms with Gasteiger partial charge in [0.15, 0.2) is 5.78 Å². The Morgan fingerprint density at radius 3 is 2.68 bits per heavy atom. The number of Topliss-reactive ketones (excluding diaryl/α,β-unsaturated/α-hetero) is 1. The van der Waals surface area contributed by atoms with E-state index in [0.717, 1.165) is 31.5 Å². The van der Waals surface area contributed by atoms with E-state index in [-0.39, 0.29) is 17.9 Å². The first-order valence-electron chi connectivity index (χ1n) is 13.9. The Balaban J connectivity index is 1.33. The Morgan fingerprint density at radius 1 is 1.11 bits per heavy atom. The molecule has 5 rings (SSSR count). The van der Waals surface area contributed by atoms with Crippen molar-refractivity contribution >= 4 is 17.5 Å². The maximum absolute atomic E-state index is 13.7. The highest BCUT2D eigenvalue weighted by Crippen LogP contribution is 2.31. The van der Waals surface area contributed by atoms with Crippen LogP contribution in [-0.4, -0.2) is 40.0 Å². The van der Waals surface area contributed by atoms with E-state index < -0.39 is 0 Å². The Morgan fingerprint density at radius 2 is 1.92 bits per heavy atom. The SMILES string of the molecule is CNc1nc(NC(CC2CCCCC2)C(=O)CN[C@@H]2CCCc3cc(C#N)ccc32)cc(-n2cccc2)n1. The molecule has 198 valence electrons. The lowest BCUT2D eigenvalue weighted by Crippen LogP contribution is -2.40. The Bertz CT molecular complexity index is 1270. The number of ketones is 1. The van der Waals surface area contributed by atoms with Crippen molar-refractivity contribution < 1.29 is 4.79 Å². The average molecular weight is 512 g/mol. The van der Waals surface area contributed by atoms with Gasteiger partial charge >= 0.3 is 0 Å². The molecular weight excluding hydrogens is 474 g/mol. The van der Waals surface area contributed by atoms with E-state index in [1.54, 1.807) is 7.05 Å². The van der Waals surface area contributed by atoms with Crippen molar-refractivity contribution in [3.8, 4) is 11.9 Å². The molecule has 0 bridgehead atoms. The van der Waals surface area contributed by atoms with Crippen molar-refractivity contribution in [3.05, 3.63) is 65.5 Å². The quantitative estimate of drug-likeness (QED) is 0.345. The molecule has 2 aliphatic carbocycles. The summed E-state index contributed by atoms with van der Waals surface area (Å²) < 4.78 is 1.94. The fourth-order valence-electron chi connectivity index (χ4n) is 5.89. The molecule has 2 aromatic heterocycles. The molecule has 1 aromatic carbocycles. The first-order valence-corrected chi connectivity index (χ1v) is 13.9.